The van der Waals surface area contributed by atoms with Crippen LogP contribution in [0.1, 0.15) is 24.8 Å². The Bertz CT molecular complexity index is 989. The van der Waals surface area contributed by atoms with Gasteiger partial charge in [-0.1, -0.05) is 48.5 Å². The number of hydrogen-bond donors (Lipinski definition) is 3. The van der Waals surface area contributed by atoms with Crippen LogP contribution < -0.4 is 16.4 Å². The topological polar surface area (TPSA) is 106 Å². The van der Waals surface area contributed by atoms with Gasteiger partial charge in [0.1, 0.15) is 6.61 Å². The first-order chi connectivity index (χ1) is 15.1. The Hall–Kier alpha value is -3.29. The van der Waals surface area contributed by atoms with Crippen LogP contribution in [0.3, 0.4) is 0 Å². The quantitative estimate of drug-likeness (QED) is 0.414. The monoisotopic (exact) mass is 420 g/mol. The molecule has 7 nitrogen and oxygen atoms in total. The number of aromatic nitrogens is 1. The summed E-state index contributed by atoms with van der Waals surface area (Å²) in [5, 5.41) is 6.64. The number of carbonyl (C=O) groups excluding carboxylic acids is 2. The molecule has 162 valence electrons. The normalized spacial score (nSPS) is 11.8. The van der Waals surface area contributed by atoms with E-state index in [1.54, 1.807) is 6.20 Å². The maximum Gasteiger partial charge on any atom is 0.246 e. The lowest BCUT2D eigenvalue weighted by atomic mass is 10.1. The van der Waals surface area contributed by atoms with E-state index >= 15 is 0 Å². The summed E-state index contributed by atoms with van der Waals surface area (Å²) in [4.78, 5) is 28.6. The predicted molar refractivity (Wildman–Crippen MR) is 121 cm³/mol. The Morgan fingerprint density at radius 3 is 2.65 bits per heavy atom. The summed E-state index contributed by atoms with van der Waals surface area (Å²) in [5.41, 5.74) is 8.45. The summed E-state index contributed by atoms with van der Waals surface area (Å²) in [6.07, 6.45) is 3.69. The standard InChI is InChI=1S/C24H28N4O3/c25-20(24(30)28-21-13-6-10-19-11-7-15-27-23(19)21)12-4-5-14-26-22(29)17-31-16-18-8-2-1-3-9-18/h1-3,6-11,13,15,20H,4-5,12,14,16-17,25H2,(H,26,29)(H,28,30). The molecular weight excluding hydrogens is 392 g/mol. The van der Waals surface area contributed by atoms with Crippen LogP contribution >= 0.6 is 0 Å². The third-order valence-electron chi connectivity index (χ3n) is 4.84. The van der Waals surface area contributed by atoms with Crippen LogP contribution in [0.5, 0.6) is 0 Å². The molecule has 0 radical (unpaired) electrons. The number of nitrogens with zero attached hydrogens (tertiary/aromatic N) is 1. The highest BCUT2D eigenvalue weighted by molar-refractivity contribution is 6.02. The van der Waals surface area contributed by atoms with Crippen molar-refractivity contribution in [2.24, 2.45) is 5.73 Å². The molecule has 0 aliphatic rings. The predicted octanol–water partition coefficient (Wildman–Crippen LogP) is 3.00. The van der Waals surface area contributed by atoms with Gasteiger partial charge in [0, 0.05) is 18.1 Å². The van der Waals surface area contributed by atoms with Crippen molar-refractivity contribution in [2.75, 3.05) is 18.5 Å². The smallest absolute Gasteiger partial charge is 0.246 e. The largest absolute Gasteiger partial charge is 0.367 e. The van der Waals surface area contributed by atoms with E-state index in [1.165, 1.54) is 0 Å². The molecule has 3 rings (SSSR count). The minimum absolute atomic E-state index is 0.0237. The fourth-order valence-corrected chi connectivity index (χ4v) is 3.17. The molecule has 0 aliphatic carbocycles. The molecule has 0 bridgehead atoms. The van der Waals surface area contributed by atoms with Gasteiger partial charge in [-0.05, 0) is 37.0 Å². The Balaban J connectivity index is 1.30. The molecule has 1 heterocycles. The van der Waals surface area contributed by atoms with Gasteiger partial charge < -0.3 is 21.1 Å². The number of anilines is 1. The van der Waals surface area contributed by atoms with Gasteiger partial charge in [0.25, 0.3) is 0 Å². The molecule has 0 aliphatic heterocycles. The number of unbranched alkanes of at least 4 members (excludes halogenated alkanes) is 1. The molecule has 2 amide bonds. The molecule has 0 spiro atoms. The molecule has 1 aromatic heterocycles. The average Bonchev–Trinajstić information content (AvgIpc) is 2.79. The second-order valence-corrected chi connectivity index (χ2v) is 7.30. The first-order valence-corrected chi connectivity index (χ1v) is 10.4. The molecule has 7 heteroatoms. The number of nitrogens with one attached hydrogen (secondary N) is 2. The van der Waals surface area contributed by atoms with E-state index in [0.29, 0.717) is 25.3 Å². The zero-order chi connectivity index (χ0) is 21.9. The Morgan fingerprint density at radius 2 is 1.81 bits per heavy atom. The maximum absolute atomic E-state index is 12.4. The van der Waals surface area contributed by atoms with Crippen LogP contribution in [-0.2, 0) is 20.9 Å². The lowest BCUT2D eigenvalue weighted by molar-refractivity contribution is -0.126. The van der Waals surface area contributed by atoms with Crippen LogP contribution in [-0.4, -0.2) is 36.0 Å². The zero-order valence-corrected chi connectivity index (χ0v) is 17.4. The van der Waals surface area contributed by atoms with Crippen molar-refractivity contribution < 1.29 is 14.3 Å². The van der Waals surface area contributed by atoms with E-state index in [0.717, 1.165) is 29.3 Å². The van der Waals surface area contributed by atoms with Crippen molar-refractivity contribution in [3.05, 3.63) is 72.4 Å². The van der Waals surface area contributed by atoms with Crippen LogP contribution in [0.2, 0.25) is 0 Å². The molecule has 1 unspecified atom stereocenters. The van der Waals surface area contributed by atoms with Crippen LogP contribution in [0.4, 0.5) is 5.69 Å². The van der Waals surface area contributed by atoms with Crippen LogP contribution in [0.15, 0.2) is 66.9 Å². The number of ether oxygens (including phenoxy) is 1. The van der Waals surface area contributed by atoms with Crippen molar-refractivity contribution in [3.63, 3.8) is 0 Å². The molecule has 2 aromatic carbocycles. The molecular formula is C24H28N4O3. The first kappa shape index (κ1) is 22.4. The highest BCUT2D eigenvalue weighted by atomic mass is 16.5. The van der Waals surface area contributed by atoms with Crippen molar-refractivity contribution in [1.29, 1.82) is 0 Å². The number of rotatable bonds is 11. The molecule has 0 saturated carbocycles. The van der Waals surface area contributed by atoms with E-state index in [-0.39, 0.29) is 18.4 Å². The second-order valence-electron chi connectivity index (χ2n) is 7.30. The second kappa shape index (κ2) is 11.8. The summed E-state index contributed by atoms with van der Waals surface area (Å²) in [6.45, 7) is 0.954. The van der Waals surface area contributed by atoms with Crippen LogP contribution in [0, 0.1) is 0 Å². The van der Waals surface area contributed by atoms with Gasteiger partial charge in [-0.2, -0.15) is 0 Å². The van der Waals surface area contributed by atoms with Crippen molar-refractivity contribution in [3.8, 4) is 0 Å². The van der Waals surface area contributed by atoms with Gasteiger partial charge in [-0.25, -0.2) is 0 Å². The van der Waals surface area contributed by atoms with Gasteiger partial charge >= 0.3 is 0 Å². The first-order valence-electron chi connectivity index (χ1n) is 10.4. The number of hydrogen-bond acceptors (Lipinski definition) is 5. The summed E-state index contributed by atoms with van der Waals surface area (Å²) >= 11 is 0. The Labute approximate surface area is 182 Å². The summed E-state index contributed by atoms with van der Waals surface area (Å²) in [6, 6.07) is 18.5. The average molecular weight is 421 g/mol. The minimum Gasteiger partial charge on any atom is -0.367 e. The lowest BCUT2D eigenvalue weighted by Gasteiger charge is -2.13. The molecule has 3 aromatic rings. The van der Waals surface area contributed by atoms with Crippen molar-refractivity contribution >= 4 is 28.4 Å². The maximum atomic E-state index is 12.4. The Kier molecular flexibility index (Phi) is 8.51. The van der Waals surface area contributed by atoms with Gasteiger partial charge in [0.15, 0.2) is 0 Å². The summed E-state index contributed by atoms with van der Waals surface area (Å²) in [5.74, 6) is -0.391. The number of carbonyl (C=O) groups is 2. The zero-order valence-electron chi connectivity index (χ0n) is 17.4. The fraction of sp³-hybridized carbons (Fsp3) is 0.292. The van der Waals surface area contributed by atoms with Crippen LogP contribution in [0.25, 0.3) is 10.9 Å². The SMILES string of the molecule is NC(CCCCNC(=O)COCc1ccccc1)C(=O)Nc1cccc2cccnc12. The van der Waals surface area contributed by atoms with Gasteiger partial charge in [-0.15, -0.1) is 0 Å². The van der Waals surface area contributed by atoms with Crippen molar-refractivity contribution in [2.45, 2.75) is 31.9 Å². The summed E-state index contributed by atoms with van der Waals surface area (Å²) in [7, 11) is 0. The van der Waals surface area contributed by atoms with E-state index < -0.39 is 6.04 Å². The van der Waals surface area contributed by atoms with Gasteiger partial charge in [-0.3, -0.25) is 14.6 Å². The molecule has 0 fully saturated rings. The number of amides is 2. The number of benzene rings is 2. The molecule has 0 saturated heterocycles. The molecule has 4 N–H and O–H groups in total. The van der Waals surface area contributed by atoms with E-state index in [4.69, 9.17) is 10.5 Å². The number of pyridine rings is 1. The number of fused-ring (bicyclic) bond motifs is 1. The minimum atomic E-state index is -0.621. The lowest BCUT2D eigenvalue weighted by Crippen LogP contribution is -2.36. The van der Waals surface area contributed by atoms with Gasteiger partial charge in [0.2, 0.25) is 11.8 Å². The number of para-hydroxylation sites is 1. The van der Waals surface area contributed by atoms with E-state index in [9.17, 15) is 9.59 Å². The van der Waals surface area contributed by atoms with E-state index in [1.807, 2.05) is 60.7 Å². The highest BCUT2D eigenvalue weighted by Gasteiger charge is 2.14. The third kappa shape index (κ3) is 7.16. The number of nitrogens with two attached hydrogens (primary N) is 1. The third-order valence-corrected chi connectivity index (χ3v) is 4.84. The fourth-order valence-electron chi connectivity index (χ4n) is 3.17. The van der Waals surface area contributed by atoms with Crippen molar-refractivity contribution in [1.82, 2.24) is 10.3 Å². The highest BCUT2D eigenvalue weighted by Crippen LogP contribution is 2.20. The van der Waals surface area contributed by atoms with E-state index in [2.05, 4.69) is 15.6 Å². The van der Waals surface area contributed by atoms with Gasteiger partial charge in [0.05, 0.1) is 23.9 Å². The summed E-state index contributed by atoms with van der Waals surface area (Å²) < 4.78 is 5.41. The molecule has 1 atom stereocenters. The Morgan fingerprint density at radius 1 is 1.00 bits per heavy atom. The molecule has 31 heavy (non-hydrogen) atoms.